The van der Waals surface area contributed by atoms with Crippen LogP contribution in [0.3, 0.4) is 0 Å². The van der Waals surface area contributed by atoms with Gasteiger partial charge in [0.25, 0.3) is 5.69 Å². The molecule has 0 amide bonds. The number of carbonyl (C=O) groups excluding carboxylic acids is 1. The molecular weight excluding hydrogens is 332 g/mol. The molecule has 0 bridgehead atoms. The Balaban J connectivity index is 1.76. The molecule has 0 radical (unpaired) electrons. The third-order valence-electron chi connectivity index (χ3n) is 4.72. The van der Waals surface area contributed by atoms with Crippen LogP contribution in [0, 0.1) is 10.1 Å². The number of fused-ring (bicyclic) bond motifs is 1. The Kier molecular flexibility index (Phi) is 5.32. The standard InChI is InChI=1S/C20H22N2O4/c1-3-4-5-20(23)26-21-13-17-7-6-16(12-19(17)14(21)2)15-8-10-18(11-9-15)22(24)25/h6-12,14H,3-5,13H2,1-2H3. The van der Waals surface area contributed by atoms with Gasteiger partial charge in [-0.2, -0.15) is 0 Å². The summed E-state index contributed by atoms with van der Waals surface area (Å²) in [4.78, 5) is 27.8. The number of hydrogen-bond acceptors (Lipinski definition) is 5. The van der Waals surface area contributed by atoms with Gasteiger partial charge in [-0.1, -0.05) is 25.5 Å². The molecule has 2 aromatic carbocycles. The Hall–Kier alpha value is -2.73. The number of carbonyl (C=O) groups is 1. The molecule has 1 unspecified atom stereocenters. The summed E-state index contributed by atoms with van der Waals surface area (Å²) in [6.45, 7) is 4.63. The van der Waals surface area contributed by atoms with Gasteiger partial charge in [-0.3, -0.25) is 14.9 Å². The van der Waals surface area contributed by atoms with Crippen molar-refractivity contribution in [2.24, 2.45) is 0 Å². The molecule has 1 atom stereocenters. The van der Waals surface area contributed by atoms with Crippen molar-refractivity contribution in [2.45, 2.75) is 45.7 Å². The Morgan fingerprint density at radius 2 is 1.92 bits per heavy atom. The minimum atomic E-state index is -0.403. The van der Waals surface area contributed by atoms with E-state index in [0.29, 0.717) is 13.0 Å². The molecule has 26 heavy (non-hydrogen) atoms. The first kappa shape index (κ1) is 18.1. The topological polar surface area (TPSA) is 72.7 Å². The van der Waals surface area contributed by atoms with Gasteiger partial charge in [0.05, 0.1) is 17.5 Å². The molecule has 0 saturated heterocycles. The van der Waals surface area contributed by atoms with E-state index in [1.807, 2.05) is 26.0 Å². The van der Waals surface area contributed by atoms with Crippen LogP contribution in [0.1, 0.15) is 50.3 Å². The number of nitro benzene ring substituents is 1. The molecule has 136 valence electrons. The lowest BCUT2D eigenvalue weighted by Crippen LogP contribution is -2.24. The molecule has 0 fully saturated rings. The van der Waals surface area contributed by atoms with Crippen LogP contribution in [0.5, 0.6) is 0 Å². The quantitative estimate of drug-likeness (QED) is 0.551. The van der Waals surface area contributed by atoms with E-state index in [1.165, 1.54) is 12.1 Å². The number of hydroxylamine groups is 2. The van der Waals surface area contributed by atoms with Gasteiger partial charge in [0.2, 0.25) is 0 Å². The Labute approximate surface area is 152 Å². The number of non-ortho nitro benzene ring substituents is 1. The molecule has 0 aliphatic carbocycles. The van der Waals surface area contributed by atoms with Crippen molar-refractivity contribution in [3.05, 3.63) is 63.7 Å². The number of benzene rings is 2. The molecule has 0 spiro atoms. The number of hydrogen-bond donors (Lipinski definition) is 0. The Morgan fingerprint density at radius 3 is 2.58 bits per heavy atom. The molecule has 6 nitrogen and oxygen atoms in total. The monoisotopic (exact) mass is 354 g/mol. The number of unbranched alkanes of at least 4 members (excludes halogenated alkanes) is 1. The summed E-state index contributed by atoms with van der Waals surface area (Å²) in [6, 6.07) is 12.6. The maximum Gasteiger partial charge on any atom is 0.325 e. The smallest absolute Gasteiger partial charge is 0.325 e. The van der Waals surface area contributed by atoms with Crippen molar-refractivity contribution < 1.29 is 14.6 Å². The van der Waals surface area contributed by atoms with E-state index in [4.69, 9.17) is 4.84 Å². The van der Waals surface area contributed by atoms with Crippen LogP contribution in [0.15, 0.2) is 42.5 Å². The third-order valence-corrected chi connectivity index (χ3v) is 4.72. The largest absolute Gasteiger partial charge is 0.367 e. The fourth-order valence-electron chi connectivity index (χ4n) is 3.15. The minimum Gasteiger partial charge on any atom is -0.367 e. The van der Waals surface area contributed by atoms with Gasteiger partial charge in [0, 0.05) is 18.6 Å². The first-order valence-electron chi connectivity index (χ1n) is 8.84. The van der Waals surface area contributed by atoms with E-state index >= 15 is 0 Å². The SMILES string of the molecule is CCCCC(=O)ON1Cc2ccc(-c3ccc([N+](=O)[O-])cc3)cc2C1C. The van der Waals surface area contributed by atoms with E-state index in [9.17, 15) is 14.9 Å². The van der Waals surface area contributed by atoms with E-state index in [2.05, 4.69) is 6.07 Å². The molecular formula is C20H22N2O4. The van der Waals surface area contributed by atoms with Gasteiger partial charge in [0.15, 0.2) is 0 Å². The summed E-state index contributed by atoms with van der Waals surface area (Å²) in [5.41, 5.74) is 4.23. The average Bonchev–Trinajstić information content (AvgIpc) is 2.95. The van der Waals surface area contributed by atoms with Crippen molar-refractivity contribution in [3.63, 3.8) is 0 Å². The second-order valence-corrected chi connectivity index (χ2v) is 6.54. The summed E-state index contributed by atoms with van der Waals surface area (Å²) >= 11 is 0. The van der Waals surface area contributed by atoms with Crippen molar-refractivity contribution >= 4 is 11.7 Å². The van der Waals surface area contributed by atoms with Gasteiger partial charge >= 0.3 is 5.97 Å². The van der Waals surface area contributed by atoms with Crippen LogP contribution >= 0.6 is 0 Å². The van der Waals surface area contributed by atoms with E-state index in [-0.39, 0.29) is 17.7 Å². The van der Waals surface area contributed by atoms with Crippen molar-refractivity contribution in [3.8, 4) is 11.1 Å². The third kappa shape index (κ3) is 3.75. The van der Waals surface area contributed by atoms with E-state index in [0.717, 1.165) is 35.1 Å². The number of nitro groups is 1. The Morgan fingerprint density at radius 1 is 1.23 bits per heavy atom. The van der Waals surface area contributed by atoms with Gasteiger partial charge in [-0.25, -0.2) is 0 Å². The highest BCUT2D eigenvalue weighted by atomic mass is 16.7. The number of nitrogens with zero attached hydrogens (tertiary/aromatic N) is 2. The van der Waals surface area contributed by atoms with Crippen molar-refractivity contribution in [1.29, 1.82) is 0 Å². The normalized spacial score (nSPS) is 16.3. The van der Waals surface area contributed by atoms with Crippen LogP contribution < -0.4 is 0 Å². The highest BCUT2D eigenvalue weighted by molar-refractivity contribution is 5.69. The van der Waals surface area contributed by atoms with Gasteiger partial charge in [-0.05, 0) is 53.8 Å². The van der Waals surface area contributed by atoms with Crippen molar-refractivity contribution in [2.75, 3.05) is 0 Å². The number of rotatable bonds is 6. The molecule has 1 aliphatic heterocycles. The van der Waals surface area contributed by atoms with Crippen LogP contribution in [-0.4, -0.2) is 16.0 Å². The lowest BCUT2D eigenvalue weighted by atomic mass is 9.98. The molecule has 6 heteroatoms. The zero-order valence-corrected chi connectivity index (χ0v) is 15.0. The second-order valence-electron chi connectivity index (χ2n) is 6.54. The average molecular weight is 354 g/mol. The summed E-state index contributed by atoms with van der Waals surface area (Å²) in [6.07, 6.45) is 2.23. The maximum absolute atomic E-state index is 11.9. The van der Waals surface area contributed by atoms with Crippen LogP contribution in [0.4, 0.5) is 5.69 Å². The van der Waals surface area contributed by atoms with Crippen LogP contribution in [0.25, 0.3) is 11.1 Å². The fourth-order valence-corrected chi connectivity index (χ4v) is 3.15. The zero-order valence-electron chi connectivity index (χ0n) is 15.0. The predicted octanol–water partition coefficient (Wildman–Crippen LogP) is 4.79. The van der Waals surface area contributed by atoms with Gasteiger partial charge in [0.1, 0.15) is 0 Å². The Bertz CT molecular complexity index is 817. The minimum absolute atomic E-state index is 0.0198. The van der Waals surface area contributed by atoms with Gasteiger partial charge < -0.3 is 4.84 Å². The predicted molar refractivity (Wildman–Crippen MR) is 98.1 cm³/mol. The molecule has 3 rings (SSSR count). The van der Waals surface area contributed by atoms with E-state index < -0.39 is 4.92 Å². The summed E-state index contributed by atoms with van der Waals surface area (Å²) < 4.78 is 0. The van der Waals surface area contributed by atoms with Crippen LogP contribution in [-0.2, 0) is 16.2 Å². The summed E-state index contributed by atoms with van der Waals surface area (Å²) in [5, 5.41) is 12.5. The van der Waals surface area contributed by atoms with Gasteiger partial charge in [-0.15, -0.1) is 5.06 Å². The highest BCUT2D eigenvalue weighted by Gasteiger charge is 2.30. The van der Waals surface area contributed by atoms with Crippen molar-refractivity contribution in [1.82, 2.24) is 5.06 Å². The molecule has 1 heterocycles. The lowest BCUT2D eigenvalue weighted by Gasteiger charge is -2.20. The van der Waals surface area contributed by atoms with E-state index in [1.54, 1.807) is 17.2 Å². The second kappa shape index (κ2) is 7.66. The molecule has 0 saturated carbocycles. The summed E-state index contributed by atoms with van der Waals surface area (Å²) in [7, 11) is 0. The summed E-state index contributed by atoms with van der Waals surface area (Å²) in [5.74, 6) is -0.193. The fraction of sp³-hybridized carbons (Fsp3) is 0.350. The molecule has 0 N–H and O–H groups in total. The lowest BCUT2D eigenvalue weighted by molar-refractivity contribution is -0.384. The zero-order chi connectivity index (χ0) is 18.7. The molecule has 2 aromatic rings. The first-order valence-corrected chi connectivity index (χ1v) is 8.84. The highest BCUT2D eigenvalue weighted by Crippen LogP contribution is 2.36. The molecule has 0 aromatic heterocycles. The van der Waals surface area contributed by atoms with Crippen LogP contribution in [0.2, 0.25) is 0 Å². The maximum atomic E-state index is 11.9. The molecule has 1 aliphatic rings. The first-order chi connectivity index (χ1) is 12.5.